The fourth-order valence-electron chi connectivity index (χ4n) is 4.19. The van der Waals surface area contributed by atoms with E-state index in [4.69, 9.17) is 14.2 Å². The maximum atomic E-state index is 12.0. The molecule has 0 bridgehead atoms. The Kier molecular flexibility index (Phi) is 9.72. The molecular weight excluding hydrogens is 520 g/mol. The number of amides is 1. The summed E-state index contributed by atoms with van der Waals surface area (Å²) in [5, 5.41) is 22.1. The highest BCUT2D eigenvalue weighted by molar-refractivity contribution is 7.99. The molecule has 3 aromatic rings. The number of thioether (sulfide) groups is 1. The van der Waals surface area contributed by atoms with Crippen molar-refractivity contribution in [3.8, 4) is 0 Å². The van der Waals surface area contributed by atoms with Gasteiger partial charge in [0.2, 0.25) is 0 Å². The highest BCUT2D eigenvalue weighted by atomic mass is 32.2. The standard InChI is InChI=1S/C29H30N2O7S/c1-3-14-36-29(35)31-22-7-4-6-21(15-22)28-37-24(17-39-26-23(27(33)34)8-5-13-30-26)18(2)25(38-28)20-11-9-19(16-32)10-12-20/h3-13,15,18,24-25,28,32H,1,14,16-17H2,2H3,(H,31,35)(H,33,34). The van der Waals surface area contributed by atoms with E-state index in [1.807, 2.05) is 37.3 Å². The summed E-state index contributed by atoms with van der Waals surface area (Å²) in [6, 6.07) is 17.8. The molecule has 1 aliphatic rings. The van der Waals surface area contributed by atoms with Gasteiger partial charge in [0.05, 0.1) is 24.4 Å². The van der Waals surface area contributed by atoms with Gasteiger partial charge in [0.15, 0.2) is 6.29 Å². The lowest BCUT2D eigenvalue weighted by molar-refractivity contribution is -0.268. The topological polar surface area (TPSA) is 127 Å². The number of aliphatic hydroxyl groups excluding tert-OH is 1. The normalized spacial score (nSPS) is 20.7. The fraction of sp³-hybridized carbons (Fsp3) is 0.276. The van der Waals surface area contributed by atoms with Crippen LogP contribution in [-0.2, 0) is 20.8 Å². The second-order valence-electron chi connectivity index (χ2n) is 8.93. The maximum absolute atomic E-state index is 12.0. The SMILES string of the molecule is C=CCOC(=O)Nc1cccc(C2OC(CSc3ncccc3C(=O)O)C(C)C(c3ccc(CO)cc3)O2)c1. The fourth-order valence-corrected chi connectivity index (χ4v) is 5.34. The molecule has 0 spiro atoms. The van der Waals surface area contributed by atoms with Crippen LogP contribution in [0.4, 0.5) is 10.5 Å². The van der Waals surface area contributed by atoms with Crippen molar-refractivity contribution in [3.63, 3.8) is 0 Å². The van der Waals surface area contributed by atoms with Gasteiger partial charge in [-0.3, -0.25) is 5.32 Å². The molecular formula is C29H30N2O7S. The first-order chi connectivity index (χ1) is 18.9. The van der Waals surface area contributed by atoms with Crippen LogP contribution in [0, 0.1) is 5.92 Å². The van der Waals surface area contributed by atoms with E-state index in [9.17, 15) is 19.8 Å². The highest BCUT2D eigenvalue weighted by Gasteiger charge is 2.38. The quantitative estimate of drug-likeness (QED) is 0.219. The van der Waals surface area contributed by atoms with E-state index >= 15 is 0 Å². The van der Waals surface area contributed by atoms with Crippen molar-refractivity contribution in [1.82, 2.24) is 4.98 Å². The van der Waals surface area contributed by atoms with Gasteiger partial charge in [-0.2, -0.15) is 0 Å². The average molecular weight is 551 g/mol. The second kappa shape index (κ2) is 13.4. The van der Waals surface area contributed by atoms with Gasteiger partial charge in [0, 0.05) is 29.1 Å². The number of aromatic carboxylic acids is 1. The average Bonchev–Trinajstić information content (AvgIpc) is 2.96. The van der Waals surface area contributed by atoms with Crippen LogP contribution in [0.2, 0.25) is 0 Å². The summed E-state index contributed by atoms with van der Waals surface area (Å²) in [5.74, 6) is -0.696. The Morgan fingerprint density at radius 1 is 1.13 bits per heavy atom. The summed E-state index contributed by atoms with van der Waals surface area (Å²) < 4.78 is 17.9. The van der Waals surface area contributed by atoms with E-state index in [0.717, 1.165) is 11.1 Å². The number of nitrogens with one attached hydrogen (secondary N) is 1. The minimum Gasteiger partial charge on any atom is -0.478 e. The van der Waals surface area contributed by atoms with Crippen LogP contribution >= 0.6 is 11.8 Å². The number of aliphatic hydroxyl groups is 1. The Morgan fingerprint density at radius 3 is 2.64 bits per heavy atom. The van der Waals surface area contributed by atoms with E-state index in [1.54, 1.807) is 30.5 Å². The summed E-state index contributed by atoms with van der Waals surface area (Å²) in [4.78, 5) is 27.9. The van der Waals surface area contributed by atoms with E-state index in [1.165, 1.54) is 23.9 Å². The number of ether oxygens (including phenoxy) is 3. The third-order valence-corrected chi connectivity index (χ3v) is 7.34. The molecule has 4 rings (SSSR count). The third-order valence-electron chi connectivity index (χ3n) is 6.25. The highest BCUT2D eigenvalue weighted by Crippen LogP contribution is 2.43. The van der Waals surface area contributed by atoms with Crippen molar-refractivity contribution < 1.29 is 34.0 Å². The van der Waals surface area contributed by atoms with E-state index in [-0.39, 0.29) is 36.9 Å². The minimum atomic E-state index is -1.04. The lowest BCUT2D eigenvalue weighted by Gasteiger charge is -2.41. The van der Waals surface area contributed by atoms with Crippen molar-refractivity contribution in [2.45, 2.75) is 37.1 Å². The van der Waals surface area contributed by atoms with Crippen LogP contribution in [0.15, 0.2) is 84.5 Å². The van der Waals surface area contributed by atoms with Crippen LogP contribution in [0.25, 0.3) is 0 Å². The third kappa shape index (κ3) is 7.24. The number of benzene rings is 2. The number of nitrogens with zero attached hydrogens (tertiary/aromatic N) is 1. The molecule has 4 unspecified atom stereocenters. The lowest BCUT2D eigenvalue weighted by atomic mass is 9.91. The molecule has 1 amide bonds. The van der Waals surface area contributed by atoms with Gasteiger partial charge in [0.25, 0.3) is 0 Å². The number of aromatic nitrogens is 1. The Balaban J connectivity index is 1.59. The van der Waals surface area contributed by atoms with Crippen LogP contribution in [0.1, 0.15) is 46.4 Å². The lowest BCUT2D eigenvalue weighted by Crippen LogP contribution is -2.38. The predicted octanol–water partition coefficient (Wildman–Crippen LogP) is 5.59. The van der Waals surface area contributed by atoms with Crippen molar-refractivity contribution >= 4 is 29.5 Å². The zero-order valence-electron chi connectivity index (χ0n) is 21.4. The van der Waals surface area contributed by atoms with Gasteiger partial charge in [-0.05, 0) is 35.4 Å². The monoisotopic (exact) mass is 550 g/mol. The number of rotatable bonds is 10. The minimum absolute atomic E-state index is 0.0582. The van der Waals surface area contributed by atoms with Crippen LogP contribution < -0.4 is 5.32 Å². The smallest absolute Gasteiger partial charge is 0.411 e. The van der Waals surface area contributed by atoms with Crippen molar-refractivity contribution in [2.24, 2.45) is 5.92 Å². The number of anilines is 1. The Bertz CT molecular complexity index is 1300. The second-order valence-corrected chi connectivity index (χ2v) is 9.94. The number of pyridine rings is 1. The first-order valence-electron chi connectivity index (χ1n) is 12.4. The molecule has 1 aliphatic heterocycles. The summed E-state index contributed by atoms with van der Waals surface area (Å²) in [5.41, 5.74) is 3.06. The van der Waals surface area contributed by atoms with Gasteiger partial charge in [-0.25, -0.2) is 14.6 Å². The first kappa shape index (κ1) is 28.3. The number of hydrogen-bond donors (Lipinski definition) is 3. The summed E-state index contributed by atoms with van der Waals surface area (Å²) in [7, 11) is 0. The zero-order chi connectivity index (χ0) is 27.8. The number of carbonyl (C=O) groups is 2. The number of carboxylic acid groups (broad SMARTS) is 1. The molecule has 9 nitrogen and oxygen atoms in total. The van der Waals surface area contributed by atoms with Crippen LogP contribution in [0.5, 0.6) is 0 Å². The molecule has 0 radical (unpaired) electrons. The predicted molar refractivity (Wildman–Crippen MR) is 146 cm³/mol. The number of carboxylic acids is 1. The van der Waals surface area contributed by atoms with Gasteiger partial charge in [0.1, 0.15) is 11.6 Å². The summed E-state index contributed by atoms with van der Waals surface area (Å²) in [6.45, 7) is 5.59. The molecule has 2 aromatic carbocycles. The maximum Gasteiger partial charge on any atom is 0.411 e. The molecule has 3 N–H and O–H groups in total. The summed E-state index contributed by atoms with van der Waals surface area (Å²) >= 11 is 1.32. The van der Waals surface area contributed by atoms with Crippen LogP contribution in [0.3, 0.4) is 0 Å². The van der Waals surface area contributed by atoms with Gasteiger partial charge in [-0.1, -0.05) is 56.0 Å². The largest absolute Gasteiger partial charge is 0.478 e. The van der Waals surface area contributed by atoms with E-state index in [2.05, 4.69) is 16.9 Å². The van der Waals surface area contributed by atoms with Crippen LogP contribution in [-0.4, -0.2) is 45.7 Å². The molecule has 1 saturated heterocycles. The molecule has 4 atom stereocenters. The van der Waals surface area contributed by atoms with Gasteiger partial charge in [-0.15, -0.1) is 11.8 Å². The van der Waals surface area contributed by atoms with Gasteiger partial charge >= 0.3 is 12.1 Å². The molecule has 39 heavy (non-hydrogen) atoms. The number of hydrogen-bond acceptors (Lipinski definition) is 8. The molecule has 0 saturated carbocycles. The zero-order valence-corrected chi connectivity index (χ0v) is 22.2. The molecule has 0 aliphatic carbocycles. The summed E-state index contributed by atoms with van der Waals surface area (Å²) in [6.07, 6.45) is 1.01. The van der Waals surface area contributed by atoms with Crippen molar-refractivity contribution in [3.05, 3.63) is 102 Å². The van der Waals surface area contributed by atoms with Gasteiger partial charge < -0.3 is 24.4 Å². The molecule has 1 fully saturated rings. The Morgan fingerprint density at radius 2 is 1.92 bits per heavy atom. The first-order valence-corrected chi connectivity index (χ1v) is 13.3. The molecule has 2 heterocycles. The van der Waals surface area contributed by atoms with E-state index in [0.29, 0.717) is 22.0 Å². The Hall–Kier alpha value is -3.70. The van der Waals surface area contributed by atoms with E-state index < -0.39 is 18.4 Å². The molecule has 204 valence electrons. The Labute approximate surface area is 230 Å². The molecule has 1 aromatic heterocycles. The number of carbonyl (C=O) groups excluding carboxylic acids is 1. The van der Waals surface area contributed by atoms with Crippen molar-refractivity contribution in [2.75, 3.05) is 17.7 Å². The van der Waals surface area contributed by atoms with Crippen molar-refractivity contribution in [1.29, 1.82) is 0 Å². The molecule has 10 heteroatoms.